The first-order valence-electron chi connectivity index (χ1n) is 11.6. The molecule has 180 valence electrons. The van der Waals surface area contributed by atoms with Gasteiger partial charge in [-0.25, -0.2) is 0 Å². The molecule has 0 aliphatic carbocycles. The van der Waals surface area contributed by atoms with E-state index in [9.17, 15) is 9.59 Å². The van der Waals surface area contributed by atoms with Crippen molar-refractivity contribution in [1.82, 2.24) is 0 Å². The summed E-state index contributed by atoms with van der Waals surface area (Å²) in [6.45, 7) is 8.35. The molecule has 0 aliphatic heterocycles. The highest BCUT2D eigenvalue weighted by Gasteiger charge is 2.24. The molecule has 0 bridgehead atoms. The van der Waals surface area contributed by atoms with Crippen molar-refractivity contribution in [3.05, 3.63) is 59.7 Å². The average Bonchev–Trinajstić information content (AvgIpc) is 2.74. The van der Waals surface area contributed by atoms with Crippen molar-refractivity contribution >= 4 is 37.2 Å². The molecule has 0 heterocycles. The molecule has 6 heteroatoms. The fourth-order valence-corrected chi connectivity index (χ4v) is 4.47. The van der Waals surface area contributed by atoms with Crippen molar-refractivity contribution in [3.63, 3.8) is 0 Å². The topological polar surface area (TPSA) is 52.6 Å². The van der Waals surface area contributed by atoms with E-state index in [0.29, 0.717) is 17.9 Å². The third kappa shape index (κ3) is 8.74. The largest absolute Gasteiger partial charge is 0.427 e. The molecule has 33 heavy (non-hydrogen) atoms. The van der Waals surface area contributed by atoms with Crippen LogP contribution in [0.15, 0.2) is 48.5 Å². The summed E-state index contributed by atoms with van der Waals surface area (Å²) in [6, 6.07) is 15.2. The molecule has 2 aromatic carbocycles. The average molecular weight is 489 g/mol. The van der Waals surface area contributed by atoms with E-state index in [4.69, 9.17) is 9.47 Å². The third-order valence-electron chi connectivity index (χ3n) is 5.64. The molecule has 0 amide bonds. The van der Waals surface area contributed by atoms with Gasteiger partial charge < -0.3 is 9.47 Å². The number of esters is 2. The van der Waals surface area contributed by atoms with Crippen LogP contribution in [0.3, 0.4) is 0 Å². The van der Waals surface area contributed by atoms with Gasteiger partial charge in [-0.05, 0) is 48.2 Å². The molecule has 0 saturated heterocycles. The van der Waals surface area contributed by atoms with Crippen molar-refractivity contribution in [2.24, 2.45) is 0 Å². The van der Waals surface area contributed by atoms with Gasteiger partial charge in [0.1, 0.15) is 11.5 Å². The van der Waals surface area contributed by atoms with Crippen LogP contribution in [-0.2, 0) is 15.0 Å². The summed E-state index contributed by atoms with van der Waals surface area (Å²) in [4.78, 5) is 24.4. The number of hydrogen-bond donors (Lipinski definition) is 2. The molecular formula is C27H36O4S2. The van der Waals surface area contributed by atoms with Gasteiger partial charge in [0, 0.05) is 15.9 Å². The Morgan fingerprint density at radius 2 is 1.30 bits per heavy atom. The monoisotopic (exact) mass is 488 g/mol. The maximum Gasteiger partial charge on any atom is 0.312 e. The van der Waals surface area contributed by atoms with Crippen LogP contribution in [0.5, 0.6) is 11.5 Å². The van der Waals surface area contributed by atoms with Crippen molar-refractivity contribution in [3.8, 4) is 11.5 Å². The zero-order valence-corrected chi connectivity index (χ0v) is 21.8. The minimum Gasteiger partial charge on any atom is -0.427 e. The molecule has 0 saturated carbocycles. The van der Waals surface area contributed by atoms with Crippen molar-refractivity contribution in [2.45, 2.75) is 82.1 Å². The second kappa shape index (κ2) is 13.1. The first-order valence-corrected chi connectivity index (χ1v) is 12.7. The summed E-state index contributed by atoms with van der Waals surface area (Å²) < 4.78 is 11.0. The molecule has 4 nitrogen and oxygen atoms in total. The lowest BCUT2D eigenvalue weighted by molar-refractivity contribution is -0.135. The smallest absolute Gasteiger partial charge is 0.312 e. The van der Waals surface area contributed by atoms with Crippen LogP contribution in [0.25, 0.3) is 0 Å². The normalized spacial score (nSPS) is 13.3. The van der Waals surface area contributed by atoms with Gasteiger partial charge in [0.25, 0.3) is 0 Å². The van der Waals surface area contributed by atoms with Gasteiger partial charge in [-0.3, -0.25) is 9.59 Å². The Labute approximate surface area is 209 Å². The van der Waals surface area contributed by atoms with E-state index in [-0.39, 0.29) is 34.3 Å². The fraction of sp³-hybridized carbons (Fsp3) is 0.481. The minimum atomic E-state index is -0.337. The van der Waals surface area contributed by atoms with Crippen molar-refractivity contribution < 1.29 is 19.1 Å². The summed E-state index contributed by atoms with van der Waals surface area (Å²) in [5.41, 5.74) is 1.74. The van der Waals surface area contributed by atoms with Gasteiger partial charge in [-0.2, -0.15) is 25.3 Å². The van der Waals surface area contributed by atoms with Crippen LogP contribution in [0, 0.1) is 0 Å². The first kappa shape index (κ1) is 27.3. The quantitative estimate of drug-likeness (QED) is 0.196. The maximum absolute atomic E-state index is 12.2. The predicted molar refractivity (Wildman–Crippen MR) is 141 cm³/mol. The number of rotatable bonds is 12. The summed E-state index contributed by atoms with van der Waals surface area (Å²) in [7, 11) is 0. The minimum absolute atomic E-state index is 0.0139. The fourth-order valence-electron chi connectivity index (χ4n) is 3.66. The van der Waals surface area contributed by atoms with Gasteiger partial charge in [-0.1, -0.05) is 64.8 Å². The predicted octanol–water partition coefficient (Wildman–Crippen LogP) is 6.80. The molecule has 0 aromatic heterocycles. The highest BCUT2D eigenvalue weighted by Crippen LogP contribution is 2.34. The molecule has 2 atom stereocenters. The molecular weight excluding hydrogens is 452 g/mol. The lowest BCUT2D eigenvalue weighted by Gasteiger charge is -2.26. The zero-order chi connectivity index (χ0) is 24.4. The number of hydrogen-bond acceptors (Lipinski definition) is 6. The number of benzene rings is 2. The van der Waals surface area contributed by atoms with E-state index in [2.05, 4.69) is 53.0 Å². The summed E-state index contributed by atoms with van der Waals surface area (Å²) >= 11 is 8.88. The van der Waals surface area contributed by atoms with E-state index in [0.717, 1.165) is 36.8 Å². The van der Waals surface area contributed by atoms with Crippen LogP contribution in [-0.4, -0.2) is 22.4 Å². The van der Waals surface area contributed by atoms with E-state index in [1.54, 1.807) is 6.07 Å². The summed E-state index contributed by atoms with van der Waals surface area (Å²) in [6.07, 6.45) is 4.31. The van der Waals surface area contributed by atoms with Crippen LogP contribution in [0.2, 0.25) is 0 Å². The van der Waals surface area contributed by atoms with Crippen molar-refractivity contribution in [2.75, 3.05) is 0 Å². The van der Waals surface area contributed by atoms with E-state index < -0.39 is 0 Å². The SMILES string of the molecule is CCCC(S)CC(=O)Oc1ccc(C(C)(C)c2cccc(OC(=O)CC(S)CCC)c2)cc1. The standard InChI is InChI=1S/C27H36O4S2/c1-5-8-23(32)17-25(28)30-21-14-12-19(13-15-21)27(3,4)20-10-7-11-22(16-20)31-26(29)18-24(33)9-6-2/h7,10-16,23-24,32-33H,5-6,8-9,17-18H2,1-4H3. The Morgan fingerprint density at radius 3 is 1.82 bits per heavy atom. The third-order valence-corrected chi connectivity index (χ3v) is 6.53. The number of carbonyl (C=O) groups excluding carboxylic acids is 2. The highest BCUT2D eigenvalue weighted by molar-refractivity contribution is 7.81. The summed E-state index contributed by atoms with van der Waals surface area (Å²) in [5, 5.41) is 0.0346. The zero-order valence-electron chi connectivity index (χ0n) is 20.0. The van der Waals surface area contributed by atoms with Crippen LogP contribution < -0.4 is 9.47 Å². The number of ether oxygens (including phenoxy) is 2. The van der Waals surface area contributed by atoms with Gasteiger partial charge >= 0.3 is 11.9 Å². The lowest BCUT2D eigenvalue weighted by Crippen LogP contribution is -2.20. The van der Waals surface area contributed by atoms with Crippen LogP contribution >= 0.6 is 25.3 Å². The molecule has 0 fully saturated rings. The second-order valence-electron chi connectivity index (χ2n) is 8.92. The Bertz CT molecular complexity index is 909. The first-order chi connectivity index (χ1) is 15.6. The molecule has 2 aromatic rings. The van der Waals surface area contributed by atoms with Gasteiger partial charge in [0.05, 0.1) is 12.8 Å². The number of thiol groups is 2. The Balaban J connectivity index is 2.06. The molecule has 0 aliphatic rings. The van der Waals surface area contributed by atoms with Gasteiger partial charge in [0.15, 0.2) is 0 Å². The Kier molecular flexibility index (Phi) is 10.8. The Morgan fingerprint density at radius 1 is 0.788 bits per heavy atom. The molecule has 0 radical (unpaired) electrons. The Hall–Kier alpha value is -1.92. The molecule has 2 rings (SSSR count). The molecule has 0 spiro atoms. The van der Waals surface area contributed by atoms with E-state index >= 15 is 0 Å². The lowest BCUT2D eigenvalue weighted by atomic mass is 9.78. The van der Waals surface area contributed by atoms with Crippen LogP contribution in [0.1, 0.15) is 77.3 Å². The van der Waals surface area contributed by atoms with Crippen molar-refractivity contribution in [1.29, 1.82) is 0 Å². The van der Waals surface area contributed by atoms with E-state index in [1.807, 2.05) is 42.5 Å². The summed E-state index contributed by atoms with van der Waals surface area (Å²) in [5.74, 6) is 0.508. The highest BCUT2D eigenvalue weighted by atomic mass is 32.1. The maximum atomic E-state index is 12.2. The van der Waals surface area contributed by atoms with Crippen LogP contribution in [0.4, 0.5) is 0 Å². The van der Waals surface area contributed by atoms with E-state index in [1.165, 1.54) is 0 Å². The molecule has 0 N–H and O–H groups in total. The molecule has 2 unspecified atom stereocenters. The number of carbonyl (C=O) groups is 2. The van der Waals surface area contributed by atoms with Gasteiger partial charge in [-0.15, -0.1) is 0 Å². The second-order valence-corrected chi connectivity index (χ2v) is 10.4. The van der Waals surface area contributed by atoms with Gasteiger partial charge in [0.2, 0.25) is 0 Å².